The fraction of sp³-hybridized carbons (Fsp3) is 0.0588. The zero-order valence-electron chi connectivity index (χ0n) is 11.8. The highest BCUT2D eigenvalue weighted by Gasteiger charge is 2.06. The van der Waals surface area contributed by atoms with Crippen molar-refractivity contribution in [1.82, 2.24) is 0 Å². The SMILES string of the molecule is N#C/C(=C\c1ccc(OCC(=O)O)c(I)c1)c1ccc(F)cc1. The average molecular weight is 423 g/mol. The molecule has 23 heavy (non-hydrogen) atoms. The third-order valence-electron chi connectivity index (χ3n) is 2.89. The number of carboxylic acid groups (broad SMARTS) is 1. The van der Waals surface area contributed by atoms with Gasteiger partial charge in [-0.25, -0.2) is 9.18 Å². The smallest absolute Gasteiger partial charge is 0.341 e. The molecular formula is C17H11FINO3. The van der Waals surface area contributed by atoms with Gasteiger partial charge in [-0.05, 0) is 64.1 Å². The number of carbonyl (C=O) groups is 1. The Bertz CT molecular complexity index is 794. The van der Waals surface area contributed by atoms with Gasteiger partial charge in [0.15, 0.2) is 6.61 Å². The van der Waals surface area contributed by atoms with Gasteiger partial charge in [-0.2, -0.15) is 5.26 Å². The quantitative estimate of drug-likeness (QED) is 0.449. The summed E-state index contributed by atoms with van der Waals surface area (Å²) in [6, 6.07) is 12.9. The molecule has 4 nitrogen and oxygen atoms in total. The molecule has 2 aromatic carbocycles. The zero-order valence-corrected chi connectivity index (χ0v) is 14.0. The molecule has 0 aromatic heterocycles. The number of hydrogen-bond acceptors (Lipinski definition) is 3. The third kappa shape index (κ3) is 4.79. The minimum atomic E-state index is -1.05. The first kappa shape index (κ1) is 17.0. The van der Waals surface area contributed by atoms with Crippen molar-refractivity contribution in [3.63, 3.8) is 0 Å². The van der Waals surface area contributed by atoms with Gasteiger partial charge < -0.3 is 9.84 Å². The van der Waals surface area contributed by atoms with Crippen LogP contribution in [0.15, 0.2) is 42.5 Å². The van der Waals surface area contributed by atoms with Crippen molar-refractivity contribution in [2.24, 2.45) is 0 Å². The van der Waals surface area contributed by atoms with E-state index < -0.39 is 12.6 Å². The second kappa shape index (κ2) is 7.74. The van der Waals surface area contributed by atoms with Crippen LogP contribution in [0.4, 0.5) is 4.39 Å². The average Bonchev–Trinajstić information content (AvgIpc) is 2.52. The summed E-state index contributed by atoms with van der Waals surface area (Å²) in [4.78, 5) is 10.5. The Kier molecular flexibility index (Phi) is 5.71. The van der Waals surface area contributed by atoms with Gasteiger partial charge in [0.1, 0.15) is 11.6 Å². The van der Waals surface area contributed by atoms with Crippen LogP contribution in [0.5, 0.6) is 5.75 Å². The summed E-state index contributed by atoms with van der Waals surface area (Å²) in [6.45, 7) is -0.412. The predicted molar refractivity (Wildman–Crippen MR) is 92.2 cm³/mol. The molecule has 0 spiro atoms. The molecule has 0 saturated carbocycles. The number of carboxylic acids is 1. The van der Waals surface area contributed by atoms with Gasteiger partial charge in [-0.1, -0.05) is 18.2 Å². The van der Waals surface area contributed by atoms with Crippen molar-refractivity contribution < 1.29 is 19.0 Å². The number of hydrogen-bond donors (Lipinski definition) is 1. The molecule has 0 aliphatic carbocycles. The summed E-state index contributed by atoms with van der Waals surface area (Å²) in [6.07, 6.45) is 1.68. The lowest BCUT2D eigenvalue weighted by Crippen LogP contribution is -2.10. The first-order chi connectivity index (χ1) is 11.0. The van der Waals surface area contributed by atoms with E-state index in [0.29, 0.717) is 16.9 Å². The van der Waals surface area contributed by atoms with Crippen LogP contribution in [0.3, 0.4) is 0 Å². The van der Waals surface area contributed by atoms with Gasteiger partial charge >= 0.3 is 5.97 Å². The first-order valence-electron chi connectivity index (χ1n) is 6.51. The zero-order chi connectivity index (χ0) is 16.8. The second-order valence-corrected chi connectivity index (χ2v) is 5.71. The Morgan fingerprint density at radius 2 is 2.00 bits per heavy atom. The molecule has 0 fully saturated rings. The maximum Gasteiger partial charge on any atom is 0.341 e. The highest BCUT2D eigenvalue weighted by atomic mass is 127. The number of halogens is 2. The Morgan fingerprint density at radius 1 is 1.30 bits per heavy atom. The van der Waals surface area contributed by atoms with E-state index in [9.17, 15) is 14.4 Å². The highest BCUT2D eigenvalue weighted by Crippen LogP contribution is 2.25. The van der Waals surface area contributed by atoms with Crippen LogP contribution in [0.2, 0.25) is 0 Å². The minimum Gasteiger partial charge on any atom is -0.481 e. The van der Waals surface area contributed by atoms with Gasteiger partial charge in [-0.15, -0.1) is 0 Å². The molecule has 0 unspecified atom stereocenters. The molecule has 0 amide bonds. The topological polar surface area (TPSA) is 70.3 Å². The van der Waals surface area contributed by atoms with Gasteiger partial charge in [0.25, 0.3) is 0 Å². The predicted octanol–water partition coefficient (Wildman–Crippen LogP) is 3.96. The number of aliphatic carboxylic acids is 1. The van der Waals surface area contributed by atoms with E-state index in [2.05, 4.69) is 6.07 Å². The summed E-state index contributed by atoms with van der Waals surface area (Å²) in [7, 11) is 0. The number of nitriles is 1. The van der Waals surface area contributed by atoms with Crippen LogP contribution in [0.25, 0.3) is 11.6 Å². The van der Waals surface area contributed by atoms with Crippen LogP contribution in [-0.2, 0) is 4.79 Å². The minimum absolute atomic E-state index is 0.361. The molecule has 2 rings (SSSR count). The van der Waals surface area contributed by atoms with E-state index in [-0.39, 0.29) is 5.82 Å². The number of allylic oxidation sites excluding steroid dienone is 1. The molecule has 1 N–H and O–H groups in total. The van der Waals surface area contributed by atoms with Crippen LogP contribution >= 0.6 is 22.6 Å². The van der Waals surface area contributed by atoms with Gasteiger partial charge in [0, 0.05) is 0 Å². The van der Waals surface area contributed by atoms with Crippen LogP contribution < -0.4 is 4.74 Å². The van der Waals surface area contributed by atoms with Gasteiger partial charge in [0.05, 0.1) is 15.2 Å². The molecule has 0 bridgehead atoms. The van der Waals surface area contributed by atoms with Crippen molar-refractivity contribution >= 4 is 40.2 Å². The third-order valence-corrected chi connectivity index (χ3v) is 3.74. The summed E-state index contributed by atoms with van der Waals surface area (Å²) >= 11 is 2.03. The van der Waals surface area contributed by atoms with Crippen molar-refractivity contribution in [2.45, 2.75) is 0 Å². The molecular weight excluding hydrogens is 412 g/mol. The van der Waals surface area contributed by atoms with Crippen molar-refractivity contribution in [1.29, 1.82) is 5.26 Å². The standard InChI is InChI=1S/C17H11FINO3/c18-14-4-2-12(3-5-14)13(9-20)7-11-1-6-16(15(19)8-11)23-10-17(21)22/h1-8H,10H2,(H,21,22)/b13-7+. The monoisotopic (exact) mass is 423 g/mol. The molecule has 6 heteroatoms. The fourth-order valence-corrected chi connectivity index (χ4v) is 2.53. The molecule has 116 valence electrons. The van der Waals surface area contributed by atoms with Gasteiger partial charge in [-0.3, -0.25) is 0 Å². The molecule has 0 radical (unpaired) electrons. The lowest BCUT2D eigenvalue weighted by atomic mass is 10.0. The lowest BCUT2D eigenvalue weighted by molar-refractivity contribution is -0.139. The summed E-state index contributed by atoms with van der Waals surface area (Å²) in [5.74, 6) is -0.946. The second-order valence-electron chi connectivity index (χ2n) is 4.55. The van der Waals surface area contributed by atoms with Gasteiger partial charge in [0.2, 0.25) is 0 Å². The summed E-state index contributed by atoms with van der Waals surface area (Å²) < 4.78 is 18.8. The largest absolute Gasteiger partial charge is 0.481 e. The number of ether oxygens (including phenoxy) is 1. The van der Waals surface area contributed by atoms with Crippen LogP contribution in [0, 0.1) is 20.7 Å². The normalized spacial score (nSPS) is 10.9. The Morgan fingerprint density at radius 3 is 2.57 bits per heavy atom. The van der Waals surface area contributed by atoms with E-state index in [1.807, 2.05) is 22.6 Å². The number of nitrogens with zero attached hydrogens (tertiary/aromatic N) is 1. The van der Waals surface area contributed by atoms with Crippen LogP contribution in [0.1, 0.15) is 11.1 Å². The van der Waals surface area contributed by atoms with Crippen molar-refractivity contribution in [2.75, 3.05) is 6.61 Å². The summed E-state index contributed by atoms with van der Waals surface area (Å²) in [5.41, 5.74) is 1.79. The van der Waals surface area contributed by atoms with E-state index in [1.54, 1.807) is 36.4 Å². The fourth-order valence-electron chi connectivity index (χ4n) is 1.84. The number of benzene rings is 2. The maximum atomic E-state index is 12.9. The molecule has 2 aromatic rings. The lowest BCUT2D eigenvalue weighted by Gasteiger charge is -2.07. The van der Waals surface area contributed by atoms with Crippen molar-refractivity contribution in [3.05, 3.63) is 63.0 Å². The molecule has 0 heterocycles. The van der Waals surface area contributed by atoms with E-state index in [1.165, 1.54) is 12.1 Å². The summed E-state index contributed by atoms with van der Waals surface area (Å²) in [5, 5.41) is 17.9. The van der Waals surface area contributed by atoms with Crippen LogP contribution in [-0.4, -0.2) is 17.7 Å². The molecule has 0 aliphatic rings. The van der Waals surface area contributed by atoms with E-state index in [0.717, 1.165) is 9.13 Å². The molecule has 0 saturated heterocycles. The Balaban J connectivity index is 2.27. The molecule has 0 aliphatic heterocycles. The Hall–Kier alpha value is -2.40. The first-order valence-corrected chi connectivity index (χ1v) is 7.59. The highest BCUT2D eigenvalue weighted by molar-refractivity contribution is 14.1. The van der Waals surface area contributed by atoms with Crippen molar-refractivity contribution in [3.8, 4) is 11.8 Å². The molecule has 0 atom stereocenters. The maximum absolute atomic E-state index is 12.9. The number of rotatable bonds is 5. The van der Waals surface area contributed by atoms with E-state index >= 15 is 0 Å². The van der Waals surface area contributed by atoms with E-state index in [4.69, 9.17) is 9.84 Å². The Labute approximate surface area is 146 Å².